The smallest absolute Gasteiger partial charge is 0.174 e. The summed E-state index contributed by atoms with van der Waals surface area (Å²) in [7, 11) is 0. The van der Waals surface area contributed by atoms with Crippen LogP contribution in [0.25, 0.3) is 0 Å². The molecule has 3 fully saturated rings. The van der Waals surface area contributed by atoms with Crippen LogP contribution in [0.5, 0.6) is 0 Å². The summed E-state index contributed by atoms with van der Waals surface area (Å²) >= 11 is 6.33. The number of nitriles is 1. The molecule has 15 heavy (non-hydrogen) atoms. The van der Waals surface area contributed by atoms with Gasteiger partial charge in [0.2, 0.25) is 0 Å². The molecule has 2 saturated carbocycles. The highest BCUT2D eigenvalue weighted by Crippen LogP contribution is 2.67. The molecule has 1 heterocycles. The van der Waals surface area contributed by atoms with Crippen molar-refractivity contribution in [2.45, 2.75) is 36.8 Å². The monoisotopic (exact) mass is 227 g/mol. The van der Waals surface area contributed by atoms with Crippen LogP contribution < -0.4 is 0 Å². The van der Waals surface area contributed by atoms with Crippen LogP contribution in [0.15, 0.2) is 0 Å². The molecule has 82 valence electrons. The standard InChI is InChI=1S/C11H14ClNO2/c1-9-4-8(10(12,6-9)7-13)5-11(9)14-2-3-15-11/h8H,2-6H2,1H3. The summed E-state index contributed by atoms with van der Waals surface area (Å²) in [5, 5.41) is 9.13. The van der Waals surface area contributed by atoms with Crippen molar-refractivity contribution < 1.29 is 9.47 Å². The Labute approximate surface area is 94.3 Å². The average Bonchev–Trinajstić information content (AvgIpc) is 2.81. The summed E-state index contributed by atoms with van der Waals surface area (Å²) in [6.45, 7) is 3.48. The maximum atomic E-state index is 9.13. The molecule has 0 radical (unpaired) electrons. The predicted molar refractivity (Wildman–Crippen MR) is 54.3 cm³/mol. The minimum Gasteiger partial charge on any atom is -0.347 e. The first kappa shape index (κ1) is 9.89. The molecule has 0 aromatic carbocycles. The summed E-state index contributed by atoms with van der Waals surface area (Å²) in [6.07, 6.45) is 2.41. The lowest BCUT2D eigenvalue weighted by Gasteiger charge is -2.42. The average molecular weight is 228 g/mol. The molecule has 0 N–H and O–H groups in total. The number of nitrogens with zero attached hydrogens (tertiary/aromatic N) is 1. The third-order valence-electron chi connectivity index (χ3n) is 4.37. The van der Waals surface area contributed by atoms with Crippen molar-refractivity contribution in [1.82, 2.24) is 0 Å². The molecular weight excluding hydrogens is 214 g/mol. The summed E-state index contributed by atoms with van der Waals surface area (Å²) in [5.74, 6) is -0.223. The third kappa shape index (κ3) is 1.03. The lowest BCUT2D eigenvalue weighted by atomic mass is 9.76. The quantitative estimate of drug-likeness (QED) is 0.595. The van der Waals surface area contributed by atoms with Gasteiger partial charge in [0.25, 0.3) is 0 Å². The fourth-order valence-corrected chi connectivity index (χ4v) is 4.09. The Morgan fingerprint density at radius 3 is 2.47 bits per heavy atom. The van der Waals surface area contributed by atoms with E-state index in [1.165, 1.54) is 0 Å². The van der Waals surface area contributed by atoms with E-state index in [2.05, 4.69) is 13.0 Å². The van der Waals surface area contributed by atoms with Gasteiger partial charge < -0.3 is 9.47 Å². The van der Waals surface area contributed by atoms with Crippen LogP contribution in [0, 0.1) is 22.7 Å². The molecule has 3 aliphatic rings. The minimum atomic E-state index is -0.685. The van der Waals surface area contributed by atoms with Gasteiger partial charge >= 0.3 is 0 Å². The van der Waals surface area contributed by atoms with Crippen LogP contribution in [-0.4, -0.2) is 23.9 Å². The molecule has 2 aliphatic carbocycles. The molecule has 2 bridgehead atoms. The predicted octanol–water partition coefficient (Wildman–Crippen LogP) is 2.05. The molecule has 4 heteroatoms. The van der Waals surface area contributed by atoms with E-state index in [-0.39, 0.29) is 11.3 Å². The van der Waals surface area contributed by atoms with Gasteiger partial charge in [0.05, 0.1) is 19.3 Å². The molecule has 3 atom stereocenters. The summed E-state index contributed by atoms with van der Waals surface area (Å²) in [6, 6.07) is 2.26. The zero-order valence-electron chi connectivity index (χ0n) is 8.75. The van der Waals surface area contributed by atoms with Crippen LogP contribution >= 0.6 is 11.6 Å². The van der Waals surface area contributed by atoms with Gasteiger partial charge in [-0.15, -0.1) is 11.6 Å². The maximum absolute atomic E-state index is 9.13. The van der Waals surface area contributed by atoms with E-state index >= 15 is 0 Å². The number of fused-ring (bicyclic) bond motifs is 3. The van der Waals surface area contributed by atoms with Crippen LogP contribution in [0.1, 0.15) is 26.2 Å². The van der Waals surface area contributed by atoms with Gasteiger partial charge in [-0.2, -0.15) is 5.26 Å². The number of rotatable bonds is 0. The van der Waals surface area contributed by atoms with E-state index in [0.717, 1.165) is 12.8 Å². The zero-order chi connectivity index (χ0) is 10.7. The second kappa shape index (κ2) is 2.68. The molecule has 3 nitrogen and oxygen atoms in total. The first-order valence-electron chi connectivity index (χ1n) is 5.42. The Morgan fingerprint density at radius 2 is 2.00 bits per heavy atom. The molecule has 1 aliphatic heterocycles. The second-order valence-corrected chi connectivity index (χ2v) is 5.94. The van der Waals surface area contributed by atoms with Gasteiger partial charge in [-0.05, 0) is 18.8 Å². The van der Waals surface area contributed by atoms with Gasteiger partial charge in [0.15, 0.2) is 5.79 Å². The minimum absolute atomic E-state index is 0.0777. The zero-order valence-corrected chi connectivity index (χ0v) is 9.51. The van der Waals surface area contributed by atoms with Crippen LogP contribution in [0.4, 0.5) is 0 Å². The highest BCUT2D eigenvalue weighted by molar-refractivity contribution is 6.26. The SMILES string of the molecule is CC12CC(CC13OCCO3)C(Cl)(C#N)C2. The van der Waals surface area contributed by atoms with Crippen molar-refractivity contribution in [3.63, 3.8) is 0 Å². The Balaban J connectivity index is 1.96. The lowest BCUT2D eigenvalue weighted by Crippen LogP contribution is -2.48. The van der Waals surface area contributed by atoms with Crippen molar-refractivity contribution in [3.05, 3.63) is 0 Å². The molecular formula is C11H14ClNO2. The Kier molecular flexibility index (Phi) is 1.77. The van der Waals surface area contributed by atoms with E-state index in [9.17, 15) is 0 Å². The second-order valence-electron chi connectivity index (χ2n) is 5.27. The molecule has 1 saturated heterocycles. The number of ether oxygens (including phenoxy) is 2. The highest BCUT2D eigenvalue weighted by Gasteiger charge is 2.70. The Hall–Kier alpha value is -0.300. The van der Waals surface area contributed by atoms with Gasteiger partial charge in [-0.1, -0.05) is 6.92 Å². The van der Waals surface area contributed by atoms with E-state index in [1.54, 1.807) is 0 Å². The summed E-state index contributed by atoms with van der Waals surface area (Å²) in [5.41, 5.74) is -0.0777. The van der Waals surface area contributed by atoms with Crippen molar-refractivity contribution in [2.24, 2.45) is 11.3 Å². The first-order chi connectivity index (χ1) is 7.04. The lowest BCUT2D eigenvalue weighted by molar-refractivity contribution is -0.225. The molecule has 0 aromatic rings. The third-order valence-corrected chi connectivity index (χ3v) is 4.89. The molecule has 3 rings (SSSR count). The molecule has 3 unspecified atom stereocenters. The van der Waals surface area contributed by atoms with Crippen LogP contribution in [0.3, 0.4) is 0 Å². The maximum Gasteiger partial charge on any atom is 0.174 e. The number of halogens is 1. The van der Waals surface area contributed by atoms with E-state index in [0.29, 0.717) is 19.6 Å². The molecule has 0 aromatic heterocycles. The van der Waals surface area contributed by atoms with E-state index < -0.39 is 10.7 Å². The number of hydrogen-bond acceptors (Lipinski definition) is 3. The Bertz CT molecular complexity index is 347. The van der Waals surface area contributed by atoms with Gasteiger partial charge in [0.1, 0.15) is 4.87 Å². The van der Waals surface area contributed by atoms with Crippen molar-refractivity contribution >= 4 is 11.6 Å². The number of alkyl halides is 1. The fourth-order valence-electron chi connectivity index (χ4n) is 3.64. The van der Waals surface area contributed by atoms with E-state index in [1.807, 2.05) is 0 Å². The highest BCUT2D eigenvalue weighted by atomic mass is 35.5. The van der Waals surface area contributed by atoms with Gasteiger partial charge in [0, 0.05) is 11.8 Å². The van der Waals surface area contributed by atoms with Crippen LogP contribution in [0.2, 0.25) is 0 Å². The van der Waals surface area contributed by atoms with Gasteiger partial charge in [-0.25, -0.2) is 0 Å². The largest absolute Gasteiger partial charge is 0.347 e. The van der Waals surface area contributed by atoms with Crippen LogP contribution in [-0.2, 0) is 9.47 Å². The number of hydrogen-bond donors (Lipinski definition) is 0. The molecule has 1 spiro atoms. The van der Waals surface area contributed by atoms with Crippen molar-refractivity contribution in [2.75, 3.05) is 13.2 Å². The van der Waals surface area contributed by atoms with E-state index in [4.69, 9.17) is 26.3 Å². The Morgan fingerprint density at radius 1 is 1.33 bits per heavy atom. The normalized spacial score (nSPS) is 51.1. The van der Waals surface area contributed by atoms with Crippen molar-refractivity contribution in [1.29, 1.82) is 5.26 Å². The van der Waals surface area contributed by atoms with Gasteiger partial charge in [-0.3, -0.25) is 0 Å². The first-order valence-corrected chi connectivity index (χ1v) is 5.80. The summed E-state index contributed by atoms with van der Waals surface area (Å²) in [4.78, 5) is -0.685. The fraction of sp³-hybridized carbons (Fsp3) is 0.909. The summed E-state index contributed by atoms with van der Waals surface area (Å²) < 4.78 is 11.6. The molecule has 0 amide bonds. The van der Waals surface area contributed by atoms with Crippen molar-refractivity contribution in [3.8, 4) is 6.07 Å². The topological polar surface area (TPSA) is 42.2 Å².